The molecule has 0 atom stereocenters. The number of nitro benzene ring substituents is 1. The maximum Gasteiger partial charge on any atom is 0.416 e. The molecule has 1 aromatic carbocycles. The van der Waals surface area contributed by atoms with Crippen LogP contribution in [0.1, 0.15) is 5.56 Å². The van der Waals surface area contributed by atoms with Crippen molar-refractivity contribution in [2.45, 2.75) is 6.18 Å². The highest BCUT2D eigenvalue weighted by atomic mass is 35.5. The summed E-state index contributed by atoms with van der Waals surface area (Å²) in [6, 6.07) is 4.79. The third kappa shape index (κ3) is 3.88. The van der Waals surface area contributed by atoms with E-state index in [9.17, 15) is 23.3 Å². The van der Waals surface area contributed by atoms with E-state index in [1.165, 1.54) is 18.2 Å². The molecule has 0 aliphatic rings. The molecule has 0 aromatic heterocycles. The number of hydrogen-bond acceptors (Lipinski definition) is 6. The standard InChI is InChI=1S/C12H3ClF3N5O2/c13-8-1-7(12(14,15)16)2-10(21(22)23)11(8)20-9(5-19)6(3-17)4-18/h1-2,20H. The van der Waals surface area contributed by atoms with Crippen LogP contribution >= 0.6 is 11.6 Å². The van der Waals surface area contributed by atoms with E-state index in [4.69, 9.17) is 27.4 Å². The molecule has 1 rings (SSSR count). The van der Waals surface area contributed by atoms with Gasteiger partial charge in [0.2, 0.25) is 0 Å². The predicted molar refractivity (Wildman–Crippen MR) is 70.6 cm³/mol. The van der Waals surface area contributed by atoms with Crippen molar-refractivity contribution in [3.63, 3.8) is 0 Å². The number of nitriles is 3. The molecule has 0 heterocycles. The van der Waals surface area contributed by atoms with E-state index in [0.717, 1.165) is 0 Å². The highest BCUT2D eigenvalue weighted by Gasteiger charge is 2.34. The second-order valence-electron chi connectivity index (χ2n) is 3.82. The number of nitrogens with zero attached hydrogens (tertiary/aromatic N) is 4. The van der Waals surface area contributed by atoms with E-state index in [2.05, 4.69) is 5.32 Å². The van der Waals surface area contributed by atoms with Gasteiger partial charge in [-0.2, -0.15) is 29.0 Å². The third-order valence-corrected chi connectivity index (χ3v) is 2.73. The Kier molecular flexibility index (Phi) is 5.13. The zero-order valence-corrected chi connectivity index (χ0v) is 11.5. The maximum atomic E-state index is 12.7. The van der Waals surface area contributed by atoms with Gasteiger partial charge in [0, 0.05) is 6.07 Å². The van der Waals surface area contributed by atoms with Crippen LogP contribution in [-0.4, -0.2) is 4.92 Å². The Morgan fingerprint density at radius 2 is 1.78 bits per heavy atom. The maximum absolute atomic E-state index is 12.7. The molecule has 1 N–H and O–H groups in total. The largest absolute Gasteiger partial charge is 0.416 e. The van der Waals surface area contributed by atoms with Gasteiger partial charge in [-0.05, 0) is 6.07 Å². The van der Waals surface area contributed by atoms with Gasteiger partial charge in [0.25, 0.3) is 5.69 Å². The highest BCUT2D eigenvalue weighted by molar-refractivity contribution is 6.34. The minimum absolute atomic E-state index is 0.224. The Balaban J connectivity index is 3.59. The SMILES string of the molecule is N#CC(C#N)=C(C#N)Nc1c(Cl)cc(C(F)(F)F)cc1[N+](=O)[O-]. The van der Waals surface area contributed by atoms with Crippen molar-refractivity contribution in [1.29, 1.82) is 15.8 Å². The molecule has 0 unspecified atom stereocenters. The lowest BCUT2D eigenvalue weighted by molar-refractivity contribution is -0.384. The van der Waals surface area contributed by atoms with Crippen LogP contribution in [0.15, 0.2) is 23.4 Å². The number of halogens is 4. The summed E-state index contributed by atoms with van der Waals surface area (Å²) < 4.78 is 38.0. The van der Waals surface area contributed by atoms with Crippen molar-refractivity contribution in [2.24, 2.45) is 0 Å². The van der Waals surface area contributed by atoms with E-state index in [0.29, 0.717) is 6.07 Å². The molecule has 0 aliphatic carbocycles. The Hall–Kier alpha value is -3.29. The zero-order chi connectivity index (χ0) is 17.8. The summed E-state index contributed by atoms with van der Waals surface area (Å²) in [7, 11) is 0. The predicted octanol–water partition coefficient (Wildman–Crippen LogP) is 3.50. The number of anilines is 1. The normalized spacial score (nSPS) is 9.96. The van der Waals surface area contributed by atoms with Crippen LogP contribution in [-0.2, 0) is 6.18 Å². The Labute approximate surface area is 131 Å². The summed E-state index contributed by atoms with van der Waals surface area (Å²) in [5.41, 5.74) is -4.45. The first-order chi connectivity index (χ1) is 10.6. The van der Waals surface area contributed by atoms with Crippen LogP contribution in [0.3, 0.4) is 0 Å². The molecule has 0 spiro atoms. The lowest BCUT2D eigenvalue weighted by atomic mass is 10.1. The number of allylic oxidation sites excluding steroid dienone is 2. The molecule has 0 saturated carbocycles. The van der Waals surface area contributed by atoms with Gasteiger partial charge in [0.1, 0.15) is 29.6 Å². The molecule has 0 bridgehead atoms. The number of nitrogens with one attached hydrogen (secondary N) is 1. The van der Waals surface area contributed by atoms with E-state index in [1.807, 2.05) is 0 Å². The molecular weight excluding hydrogens is 339 g/mol. The van der Waals surface area contributed by atoms with Crippen LogP contribution in [0.5, 0.6) is 0 Å². The van der Waals surface area contributed by atoms with Crippen molar-refractivity contribution in [3.05, 3.63) is 44.1 Å². The minimum atomic E-state index is -4.87. The number of benzene rings is 1. The third-order valence-electron chi connectivity index (χ3n) is 2.43. The topological polar surface area (TPSA) is 127 Å². The van der Waals surface area contributed by atoms with E-state index in [-0.39, 0.29) is 6.07 Å². The minimum Gasteiger partial charge on any atom is -0.338 e. The van der Waals surface area contributed by atoms with Crippen LogP contribution < -0.4 is 5.32 Å². The van der Waals surface area contributed by atoms with Crippen molar-refractivity contribution in [2.75, 3.05) is 5.32 Å². The van der Waals surface area contributed by atoms with Crippen LogP contribution in [0.2, 0.25) is 5.02 Å². The zero-order valence-electron chi connectivity index (χ0n) is 10.8. The van der Waals surface area contributed by atoms with Gasteiger partial charge in [0.15, 0.2) is 5.57 Å². The number of rotatable bonds is 3. The summed E-state index contributed by atoms with van der Waals surface area (Å²) in [5.74, 6) is 0. The molecule has 0 fully saturated rings. The van der Waals surface area contributed by atoms with E-state index < -0.39 is 44.3 Å². The summed E-state index contributed by atoms with van der Waals surface area (Å²) in [6.45, 7) is 0. The van der Waals surface area contributed by atoms with Crippen LogP contribution in [0.4, 0.5) is 24.5 Å². The smallest absolute Gasteiger partial charge is 0.338 e. The molecule has 0 aliphatic heterocycles. The summed E-state index contributed by atoms with van der Waals surface area (Å²) >= 11 is 5.61. The van der Waals surface area contributed by atoms with Gasteiger partial charge in [-0.3, -0.25) is 10.1 Å². The van der Waals surface area contributed by atoms with Gasteiger partial charge >= 0.3 is 6.18 Å². The Morgan fingerprint density at radius 3 is 2.17 bits per heavy atom. The fraction of sp³-hybridized carbons (Fsp3) is 0.0833. The van der Waals surface area contributed by atoms with Gasteiger partial charge in [-0.25, -0.2) is 0 Å². The van der Waals surface area contributed by atoms with Crippen molar-refractivity contribution in [1.82, 2.24) is 0 Å². The average molecular weight is 342 g/mol. The second kappa shape index (κ2) is 6.65. The van der Waals surface area contributed by atoms with Crippen molar-refractivity contribution >= 4 is 23.0 Å². The summed E-state index contributed by atoms with van der Waals surface area (Å²) in [5, 5.41) is 38.5. The van der Waals surface area contributed by atoms with E-state index >= 15 is 0 Å². The van der Waals surface area contributed by atoms with E-state index in [1.54, 1.807) is 0 Å². The molecule has 23 heavy (non-hydrogen) atoms. The molecular formula is C12H3ClF3N5O2. The molecule has 1 aromatic rings. The summed E-state index contributed by atoms with van der Waals surface area (Å²) in [6.07, 6.45) is -4.87. The first-order valence-corrected chi connectivity index (χ1v) is 5.80. The van der Waals surface area contributed by atoms with Gasteiger partial charge in [0.05, 0.1) is 15.5 Å². The molecule has 7 nitrogen and oxygen atoms in total. The number of nitro groups is 1. The lowest BCUT2D eigenvalue weighted by Crippen LogP contribution is -2.09. The number of hydrogen-bond donors (Lipinski definition) is 1. The second-order valence-corrected chi connectivity index (χ2v) is 4.22. The first-order valence-electron chi connectivity index (χ1n) is 5.42. The average Bonchev–Trinajstić information content (AvgIpc) is 2.47. The van der Waals surface area contributed by atoms with Gasteiger partial charge < -0.3 is 5.32 Å². The highest BCUT2D eigenvalue weighted by Crippen LogP contribution is 2.40. The van der Waals surface area contributed by atoms with Crippen molar-refractivity contribution in [3.8, 4) is 18.2 Å². The quantitative estimate of drug-likeness (QED) is 0.509. The molecule has 0 radical (unpaired) electrons. The van der Waals surface area contributed by atoms with Crippen LogP contribution in [0.25, 0.3) is 0 Å². The molecule has 116 valence electrons. The Bertz CT molecular complexity index is 811. The lowest BCUT2D eigenvalue weighted by Gasteiger charge is -2.12. The van der Waals surface area contributed by atoms with Gasteiger partial charge in [-0.15, -0.1) is 0 Å². The molecule has 11 heteroatoms. The molecule has 0 saturated heterocycles. The fourth-order valence-corrected chi connectivity index (χ4v) is 1.69. The van der Waals surface area contributed by atoms with Gasteiger partial charge in [-0.1, -0.05) is 11.6 Å². The number of alkyl halides is 3. The molecule has 0 amide bonds. The first kappa shape index (κ1) is 17.8. The van der Waals surface area contributed by atoms with Crippen LogP contribution in [0, 0.1) is 44.1 Å². The Morgan fingerprint density at radius 1 is 1.22 bits per heavy atom. The monoisotopic (exact) mass is 341 g/mol. The van der Waals surface area contributed by atoms with Crippen molar-refractivity contribution < 1.29 is 18.1 Å². The summed E-state index contributed by atoms with van der Waals surface area (Å²) in [4.78, 5) is 9.80. The fourth-order valence-electron chi connectivity index (χ4n) is 1.43.